The third kappa shape index (κ3) is 4.31. The summed E-state index contributed by atoms with van der Waals surface area (Å²) in [5.74, 6) is 0.106. The van der Waals surface area contributed by atoms with Crippen LogP contribution in [0.3, 0.4) is 0 Å². The molecule has 1 rings (SSSR count). The Hall–Kier alpha value is -1.95. The average Bonchev–Trinajstić information content (AvgIpc) is 2.43. The zero-order valence-electron chi connectivity index (χ0n) is 11.9. The van der Waals surface area contributed by atoms with Gasteiger partial charge >= 0.3 is 0 Å². The monoisotopic (exact) mass is 279 g/mol. The van der Waals surface area contributed by atoms with Gasteiger partial charge in [-0.3, -0.25) is 14.9 Å². The number of nitrogens with two attached hydrogens (primary N) is 1. The fraction of sp³-hybridized carbons (Fsp3) is 0.500. The molecule has 6 nitrogen and oxygen atoms in total. The van der Waals surface area contributed by atoms with E-state index < -0.39 is 4.92 Å². The molecule has 0 radical (unpaired) electrons. The van der Waals surface area contributed by atoms with Gasteiger partial charge in [0.25, 0.3) is 5.69 Å². The van der Waals surface area contributed by atoms with Crippen molar-refractivity contribution < 1.29 is 9.72 Å². The Labute approximate surface area is 118 Å². The number of nitrogens with zero attached hydrogens (tertiary/aromatic N) is 1. The zero-order chi connectivity index (χ0) is 15.1. The third-order valence-electron chi connectivity index (χ3n) is 3.47. The van der Waals surface area contributed by atoms with Crippen molar-refractivity contribution in [3.63, 3.8) is 0 Å². The summed E-state index contributed by atoms with van der Waals surface area (Å²) in [6, 6.07) is 4.87. The highest BCUT2D eigenvalue weighted by Crippen LogP contribution is 2.20. The van der Waals surface area contributed by atoms with E-state index in [9.17, 15) is 14.9 Å². The van der Waals surface area contributed by atoms with Crippen LogP contribution in [0.1, 0.15) is 30.9 Å². The van der Waals surface area contributed by atoms with Crippen molar-refractivity contribution in [1.82, 2.24) is 5.32 Å². The van der Waals surface area contributed by atoms with E-state index in [1.54, 1.807) is 19.1 Å². The van der Waals surface area contributed by atoms with Crippen molar-refractivity contribution in [3.8, 4) is 0 Å². The molecule has 0 aliphatic rings. The minimum Gasteiger partial charge on any atom is -0.352 e. The number of nitrogens with one attached hydrogen (secondary N) is 1. The van der Waals surface area contributed by atoms with Gasteiger partial charge in [0.2, 0.25) is 5.91 Å². The Balaban J connectivity index is 2.64. The lowest BCUT2D eigenvalue weighted by molar-refractivity contribution is -0.385. The number of hydrogen-bond donors (Lipinski definition) is 2. The summed E-state index contributed by atoms with van der Waals surface area (Å²) in [6.45, 7) is 4.47. The van der Waals surface area contributed by atoms with Gasteiger partial charge in [-0.05, 0) is 24.9 Å². The molecule has 0 aromatic heterocycles. The number of rotatable bonds is 7. The van der Waals surface area contributed by atoms with Gasteiger partial charge in [-0.25, -0.2) is 0 Å². The third-order valence-corrected chi connectivity index (χ3v) is 3.47. The molecule has 0 fully saturated rings. The van der Waals surface area contributed by atoms with E-state index in [0.717, 1.165) is 12.0 Å². The summed E-state index contributed by atoms with van der Waals surface area (Å²) in [6.07, 6.45) is 1.25. The summed E-state index contributed by atoms with van der Waals surface area (Å²) in [7, 11) is 0. The number of hydrogen-bond acceptors (Lipinski definition) is 4. The number of carbonyl (C=O) groups is 1. The van der Waals surface area contributed by atoms with Crippen LogP contribution in [0.25, 0.3) is 0 Å². The van der Waals surface area contributed by atoms with Gasteiger partial charge in [0.1, 0.15) is 0 Å². The molecule has 1 amide bonds. The number of amides is 1. The molecule has 0 aliphatic carbocycles. The minimum absolute atomic E-state index is 0.0742. The largest absolute Gasteiger partial charge is 0.352 e. The van der Waals surface area contributed by atoms with E-state index in [1.165, 1.54) is 6.07 Å². The summed E-state index contributed by atoms with van der Waals surface area (Å²) in [5, 5.41) is 13.6. The normalized spacial score (nSPS) is 11.9. The highest BCUT2D eigenvalue weighted by atomic mass is 16.6. The van der Waals surface area contributed by atoms with Crippen LogP contribution >= 0.6 is 0 Å². The summed E-state index contributed by atoms with van der Waals surface area (Å²) in [5.41, 5.74) is 6.98. The highest BCUT2D eigenvalue weighted by molar-refractivity contribution is 5.76. The number of nitro benzene ring substituents is 1. The van der Waals surface area contributed by atoms with Crippen LogP contribution in [0.15, 0.2) is 18.2 Å². The average molecular weight is 279 g/mol. The fourth-order valence-corrected chi connectivity index (χ4v) is 1.98. The van der Waals surface area contributed by atoms with Crippen LogP contribution in [0.5, 0.6) is 0 Å². The summed E-state index contributed by atoms with van der Waals surface area (Å²) < 4.78 is 0. The van der Waals surface area contributed by atoms with E-state index in [2.05, 4.69) is 5.32 Å². The van der Waals surface area contributed by atoms with Gasteiger partial charge in [-0.2, -0.15) is 0 Å². The first kappa shape index (κ1) is 16.1. The van der Waals surface area contributed by atoms with Gasteiger partial charge in [0, 0.05) is 24.6 Å². The molecule has 110 valence electrons. The molecular weight excluding hydrogens is 258 g/mol. The molecule has 6 heteroatoms. The lowest BCUT2D eigenvalue weighted by Crippen LogP contribution is -2.27. The second kappa shape index (κ2) is 7.59. The fourth-order valence-electron chi connectivity index (χ4n) is 1.98. The molecule has 0 bridgehead atoms. The van der Waals surface area contributed by atoms with Crippen LogP contribution in [-0.2, 0) is 11.3 Å². The Morgan fingerprint density at radius 1 is 1.50 bits per heavy atom. The molecule has 0 spiro atoms. The standard InChI is InChI=1S/C14H21N3O3/c1-3-11(8-15)7-14(18)16-9-12-5-4-6-13(10(12)2)17(19)20/h4-6,11H,3,7-9,15H2,1-2H3,(H,16,18). The van der Waals surface area contributed by atoms with Crippen LogP contribution in [0.2, 0.25) is 0 Å². The maximum Gasteiger partial charge on any atom is 0.272 e. The maximum absolute atomic E-state index is 11.8. The highest BCUT2D eigenvalue weighted by Gasteiger charge is 2.14. The lowest BCUT2D eigenvalue weighted by Gasteiger charge is -2.12. The van der Waals surface area contributed by atoms with E-state index >= 15 is 0 Å². The minimum atomic E-state index is -0.414. The Morgan fingerprint density at radius 2 is 2.20 bits per heavy atom. The van der Waals surface area contributed by atoms with Gasteiger partial charge in [-0.15, -0.1) is 0 Å². The molecular formula is C14H21N3O3. The molecule has 1 atom stereocenters. The second-order valence-electron chi connectivity index (χ2n) is 4.81. The van der Waals surface area contributed by atoms with Crippen molar-refractivity contribution in [3.05, 3.63) is 39.4 Å². The van der Waals surface area contributed by atoms with Crippen molar-refractivity contribution in [1.29, 1.82) is 0 Å². The Bertz CT molecular complexity index is 485. The van der Waals surface area contributed by atoms with Gasteiger partial charge < -0.3 is 11.1 Å². The molecule has 0 saturated heterocycles. The lowest BCUT2D eigenvalue weighted by atomic mass is 10.0. The molecule has 0 saturated carbocycles. The van der Waals surface area contributed by atoms with Gasteiger partial charge in [0.15, 0.2) is 0 Å². The number of carbonyl (C=O) groups excluding carboxylic acids is 1. The molecule has 0 heterocycles. The molecule has 1 aromatic carbocycles. The Kier molecular flexibility index (Phi) is 6.11. The van der Waals surface area contributed by atoms with E-state index in [-0.39, 0.29) is 17.5 Å². The topological polar surface area (TPSA) is 98.3 Å². The molecule has 3 N–H and O–H groups in total. The van der Waals surface area contributed by atoms with Crippen LogP contribution in [-0.4, -0.2) is 17.4 Å². The predicted octanol–water partition coefficient (Wildman–Crippen LogP) is 1.89. The quantitative estimate of drug-likeness (QED) is 0.588. The first-order chi connectivity index (χ1) is 9.49. The van der Waals surface area contributed by atoms with Gasteiger partial charge in [0.05, 0.1) is 4.92 Å². The summed E-state index contributed by atoms with van der Waals surface area (Å²) >= 11 is 0. The second-order valence-corrected chi connectivity index (χ2v) is 4.81. The van der Waals surface area contributed by atoms with E-state index in [4.69, 9.17) is 5.73 Å². The van der Waals surface area contributed by atoms with E-state index in [0.29, 0.717) is 25.1 Å². The zero-order valence-corrected chi connectivity index (χ0v) is 11.9. The first-order valence-corrected chi connectivity index (χ1v) is 6.69. The van der Waals surface area contributed by atoms with Crippen molar-refractivity contribution >= 4 is 11.6 Å². The first-order valence-electron chi connectivity index (χ1n) is 6.69. The molecule has 1 aromatic rings. The molecule has 1 unspecified atom stereocenters. The molecule has 0 aliphatic heterocycles. The number of nitro groups is 1. The van der Waals surface area contributed by atoms with Gasteiger partial charge in [-0.1, -0.05) is 25.5 Å². The maximum atomic E-state index is 11.8. The van der Waals surface area contributed by atoms with E-state index in [1.807, 2.05) is 6.92 Å². The van der Waals surface area contributed by atoms with Crippen LogP contribution in [0, 0.1) is 23.0 Å². The Morgan fingerprint density at radius 3 is 2.75 bits per heavy atom. The molecule has 20 heavy (non-hydrogen) atoms. The SMILES string of the molecule is CCC(CN)CC(=O)NCc1cccc([N+](=O)[O-])c1C. The van der Waals surface area contributed by atoms with Crippen molar-refractivity contribution in [2.75, 3.05) is 6.54 Å². The summed E-state index contributed by atoms with van der Waals surface area (Å²) in [4.78, 5) is 22.2. The number of benzene rings is 1. The van der Waals surface area contributed by atoms with Crippen LogP contribution < -0.4 is 11.1 Å². The van der Waals surface area contributed by atoms with Crippen molar-refractivity contribution in [2.24, 2.45) is 11.7 Å². The van der Waals surface area contributed by atoms with Crippen molar-refractivity contribution in [2.45, 2.75) is 33.2 Å². The smallest absolute Gasteiger partial charge is 0.272 e. The van der Waals surface area contributed by atoms with Crippen LogP contribution in [0.4, 0.5) is 5.69 Å². The predicted molar refractivity (Wildman–Crippen MR) is 77.1 cm³/mol.